The second-order valence-corrected chi connectivity index (χ2v) is 8.98. The van der Waals surface area contributed by atoms with Crippen LogP contribution in [0.1, 0.15) is 23.2 Å². The Balaban J connectivity index is 1.45. The number of aromatic nitrogens is 2. The molecule has 2 aromatic rings. The van der Waals surface area contributed by atoms with E-state index in [1.54, 1.807) is 28.5 Å². The number of carbonyl (C=O) groups excluding carboxylic acids is 3. The van der Waals surface area contributed by atoms with E-state index in [1.807, 2.05) is 31.2 Å². The number of benzene rings is 1. The Hall–Kier alpha value is -2.85. The van der Waals surface area contributed by atoms with Crippen molar-refractivity contribution in [2.24, 2.45) is 5.92 Å². The lowest BCUT2D eigenvalue weighted by Gasteiger charge is -2.17. The lowest BCUT2D eigenvalue weighted by Crippen LogP contribution is -2.32. The summed E-state index contributed by atoms with van der Waals surface area (Å²) in [5.41, 5.74) is 3.75. The van der Waals surface area contributed by atoms with Gasteiger partial charge in [0.05, 0.1) is 18.2 Å². The number of nitrogens with zero attached hydrogens (tertiary/aromatic N) is 3. The molecule has 0 bridgehead atoms. The number of nitrogens with one attached hydrogen (secondary N) is 2. The monoisotopic (exact) mass is 457 g/mol. The summed E-state index contributed by atoms with van der Waals surface area (Å²) < 4.78 is 6.51. The van der Waals surface area contributed by atoms with Crippen LogP contribution < -0.4 is 15.5 Å². The van der Waals surface area contributed by atoms with Crippen LogP contribution in [0, 0.1) is 12.8 Å². The molecule has 9 nitrogen and oxygen atoms in total. The number of hydrogen-bond acceptors (Lipinski definition) is 6. The number of ether oxygens (including phenoxy) is 1. The predicted octanol–water partition coefficient (Wildman–Crippen LogP) is 1.69. The largest absolute Gasteiger partial charge is 0.383 e. The van der Waals surface area contributed by atoms with Crippen molar-refractivity contribution in [3.05, 3.63) is 41.1 Å². The maximum absolute atomic E-state index is 13.1. The van der Waals surface area contributed by atoms with Gasteiger partial charge in [0.15, 0.2) is 0 Å². The van der Waals surface area contributed by atoms with Gasteiger partial charge in [0, 0.05) is 49.4 Å². The highest BCUT2D eigenvalue weighted by molar-refractivity contribution is 7.98. The van der Waals surface area contributed by atoms with E-state index in [4.69, 9.17) is 4.74 Å². The molecule has 2 N–H and O–H groups in total. The first kappa shape index (κ1) is 22.3. The molecule has 3 heterocycles. The quantitative estimate of drug-likeness (QED) is 0.585. The first-order valence-corrected chi connectivity index (χ1v) is 11.7. The Kier molecular flexibility index (Phi) is 6.80. The van der Waals surface area contributed by atoms with Crippen LogP contribution >= 0.6 is 11.8 Å². The summed E-state index contributed by atoms with van der Waals surface area (Å²) in [6, 6.07) is 7.70. The molecule has 0 spiro atoms. The van der Waals surface area contributed by atoms with E-state index < -0.39 is 5.92 Å². The number of thioether (sulfide) groups is 1. The lowest BCUT2D eigenvalue weighted by atomic mass is 10.1. The normalized spacial score (nSPS) is 17.5. The van der Waals surface area contributed by atoms with Crippen LogP contribution in [0.15, 0.2) is 24.3 Å². The molecule has 3 amide bonds. The molecule has 2 aliphatic heterocycles. The van der Waals surface area contributed by atoms with Gasteiger partial charge in [-0.15, -0.1) is 0 Å². The number of anilines is 2. The average molecular weight is 458 g/mol. The van der Waals surface area contributed by atoms with Crippen molar-refractivity contribution in [3.63, 3.8) is 0 Å². The fourth-order valence-corrected chi connectivity index (χ4v) is 4.92. The van der Waals surface area contributed by atoms with Crippen LogP contribution in [0.5, 0.6) is 0 Å². The third-order valence-electron chi connectivity index (χ3n) is 5.62. The third kappa shape index (κ3) is 4.81. The topological polar surface area (TPSA) is 106 Å². The zero-order chi connectivity index (χ0) is 22.7. The molecule has 0 saturated carbocycles. The minimum atomic E-state index is -0.465. The van der Waals surface area contributed by atoms with Crippen molar-refractivity contribution in [2.45, 2.75) is 31.4 Å². The number of amides is 3. The van der Waals surface area contributed by atoms with Crippen LogP contribution in [-0.2, 0) is 37.2 Å². The molecule has 0 aliphatic carbocycles. The molecule has 1 saturated heterocycles. The number of methoxy groups -OCH3 is 1. The Morgan fingerprint density at radius 3 is 2.78 bits per heavy atom. The lowest BCUT2D eigenvalue weighted by molar-refractivity contribution is -0.122. The SMILES string of the molecule is COCCNC(=O)Cn1nc2c(c1NC(=O)C1CC(=O)N(c3ccc(C)cc3)C1)CSC2. The van der Waals surface area contributed by atoms with E-state index in [0.717, 1.165) is 34.0 Å². The molecule has 2 aliphatic rings. The molecular weight excluding hydrogens is 430 g/mol. The highest BCUT2D eigenvalue weighted by Crippen LogP contribution is 2.35. The van der Waals surface area contributed by atoms with Gasteiger partial charge in [-0.25, -0.2) is 4.68 Å². The van der Waals surface area contributed by atoms with E-state index in [9.17, 15) is 14.4 Å². The first-order valence-electron chi connectivity index (χ1n) is 10.6. The molecule has 1 fully saturated rings. The number of aryl methyl sites for hydroxylation is 1. The molecule has 1 aromatic carbocycles. The van der Waals surface area contributed by atoms with Gasteiger partial charge in [0.2, 0.25) is 17.7 Å². The molecule has 4 rings (SSSR count). The highest BCUT2D eigenvalue weighted by atomic mass is 32.2. The predicted molar refractivity (Wildman–Crippen MR) is 122 cm³/mol. The number of carbonyl (C=O) groups is 3. The van der Waals surface area contributed by atoms with Gasteiger partial charge in [0.1, 0.15) is 12.4 Å². The van der Waals surface area contributed by atoms with Gasteiger partial charge in [-0.3, -0.25) is 14.4 Å². The third-order valence-corrected chi connectivity index (χ3v) is 6.59. The first-order chi connectivity index (χ1) is 15.5. The Labute approximate surface area is 190 Å². The Morgan fingerprint density at radius 2 is 2.03 bits per heavy atom. The van der Waals surface area contributed by atoms with Gasteiger partial charge in [0.25, 0.3) is 0 Å². The molecule has 1 unspecified atom stereocenters. The maximum Gasteiger partial charge on any atom is 0.241 e. The van der Waals surface area contributed by atoms with Crippen LogP contribution in [0.25, 0.3) is 0 Å². The summed E-state index contributed by atoms with van der Waals surface area (Å²) in [7, 11) is 1.57. The van der Waals surface area contributed by atoms with Gasteiger partial charge < -0.3 is 20.3 Å². The van der Waals surface area contributed by atoms with Crippen LogP contribution in [0.4, 0.5) is 11.5 Å². The smallest absolute Gasteiger partial charge is 0.241 e. The van der Waals surface area contributed by atoms with E-state index in [2.05, 4.69) is 15.7 Å². The number of hydrogen-bond donors (Lipinski definition) is 2. The summed E-state index contributed by atoms with van der Waals surface area (Å²) in [6.07, 6.45) is 0.155. The summed E-state index contributed by atoms with van der Waals surface area (Å²) in [6.45, 7) is 3.16. The highest BCUT2D eigenvalue weighted by Gasteiger charge is 2.36. The van der Waals surface area contributed by atoms with Gasteiger partial charge in [-0.05, 0) is 19.1 Å². The maximum atomic E-state index is 13.1. The van der Waals surface area contributed by atoms with E-state index in [-0.39, 0.29) is 30.7 Å². The molecule has 10 heteroatoms. The molecule has 170 valence electrons. The summed E-state index contributed by atoms with van der Waals surface area (Å²) in [4.78, 5) is 39.6. The summed E-state index contributed by atoms with van der Waals surface area (Å²) in [5, 5.41) is 10.3. The zero-order valence-corrected chi connectivity index (χ0v) is 19.0. The average Bonchev–Trinajstić information content (AvgIpc) is 3.45. The van der Waals surface area contributed by atoms with Crippen LogP contribution in [-0.4, -0.2) is 54.3 Å². The number of fused-ring (bicyclic) bond motifs is 1. The summed E-state index contributed by atoms with van der Waals surface area (Å²) >= 11 is 1.72. The van der Waals surface area contributed by atoms with Crippen molar-refractivity contribution in [1.82, 2.24) is 15.1 Å². The fraction of sp³-hybridized carbons (Fsp3) is 0.455. The molecule has 0 radical (unpaired) electrons. The van der Waals surface area contributed by atoms with Crippen LogP contribution in [0.3, 0.4) is 0 Å². The van der Waals surface area contributed by atoms with Crippen molar-refractivity contribution < 1.29 is 19.1 Å². The minimum Gasteiger partial charge on any atom is -0.383 e. The Morgan fingerprint density at radius 1 is 1.25 bits per heavy atom. The summed E-state index contributed by atoms with van der Waals surface area (Å²) in [5.74, 6) is 1.07. The van der Waals surface area contributed by atoms with Crippen LogP contribution in [0.2, 0.25) is 0 Å². The van der Waals surface area contributed by atoms with Crippen molar-refractivity contribution >= 4 is 41.0 Å². The van der Waals surface area contributed by atoms with E-state index in [1.165, 1.54) is 0 Å². The molecule has 1 aromatic heterocycles. The zero-order valence-electron chi connectivity index (χ0n) is 18.2. The van der Waals surface area contributed by atoms with Gasteiger partial charge >= 0.3 is 0 Å². The Bertz CT molecular complexity index is 1020. The van der Waals surface area contributed by atoms with Crippen molar-refractivity contribution in [3.8, 4) is 0 Å². The fourth-order valence-electron chi connectivity index (χ4n) is 3.88. The standard InChI is InChI=1S/C22H27N5O4S/c1-14-3-5-16(6-4-14)26-10-15(9-20(26)29)22(30)24-21-17-12-32-13-18(17)25-27(21)11-19(28)23-7-8-31-2/h3-6,15H,7-13H2,1-2H3,(H,23,28)(H,24,30). The van der Waals surface area contributed by atoms with Crippen molar-refractivity contribution in [1.29, 1.82) is 0 Å². The van der Waals surface area contributed by atoms with E-state index >= 15 is 0 Å². The second-order valence-electron chi connectivity index (χ2n) is 8.00. The van der Waals surface area contributed by atoms with Gasteiger partial charge in [-0.1, -0.05) is 17.7 Å². The minimum absolute atomic E-state index is 0.0100. The van der Waals surface area contributed by atoms with E-state index in [0.29, 0.717) is 25.5 Å². The van der Waals surface area contributed by atoms with Crippen molar-refractivity contribution in [2.75, 3.05) is 37.0 Å². The second kappa shape index (κ2) is 9.74. The molecular formula is C22H27N5O4S. The molecule has 1 atom stereocenters. The molecule has 32 heavy (non-hydrogen) atoms. The van der Waals surface area contributed by atoms with Gasteiger partial charge in [-0.2, -0.15) is 16.9 Å². The number of rotatable bonds is 8.